The minimum Gasteiger partial charge on any atom is -0.464 e. The summed E-state index contributed by atoms with van der Waals surface area (Å²) in [6.07, 6.45) is -5.17. The van der Waals surface area contributed by atoms with E-state index in [2.05, 4.69) is 11.3 Å². The van der Waals surface area contributed by atoms with Gasteiger partial charge in [-0.1, -0.05) is 43.8 Å². The molecule has 0 saturated heterocycles. The molecular formula is C15H17F3O3. The maximum atomic E-state index is 13.2. The molecule has 0 heterocycles. The first-order valence-electron chi connectivity index (χ1n) is 6.36. The van der Waals surface area contributed by atoms with E-state index in [1.807, 2.05) is 0 Å². The molecule has 21 heavy (non-hydrogen) atoms. The molecule has 0 aromatic heterocycles. The van der Waals surface area contributed by atoms with Crippen LogP contribution in [0.5, 0.6) is 0 Å². The first kappa shape index (κ1) is 17.2. The van der Waals surface area contributed by atoms with E-state index >= 15 is 0 Å². The summed E-state index contributed by atoms with van der Waals surface area (Å²) in [5.74, 6) is -3.30. The van der Waals surface area contributed by atoms with Gasteiger partial charge in [0.05, 0.1) is 6.61 Å². The van der Waals surface area contributed by atoms with Gasteiger partial charge in [0, 0.05) is 5.92 Å². The van der Waals surface area contributed by atoms with E-state index in [0.29, 0.717) is 5.56 Å². The Bertz CT molecular complexity index is 511. The second-order valence-corrected chi connectivity index (χ2v) is 4.60. The summed E-state index contributed by atoms with van der Waals surface area (Å²) in [6, 6.07) is 8.07. The van der Waals surface area contributed by atoms with Crippen LogP contribution in [0.15, 0.2) is 36.9 Å². The Morgan fingerprint density at radius 3 is 2.29 bits per heavy atom. The van der Waals surface area contributed by atoms with E-state index in [4.69, 9.17) is 0 Å². The Kier molecular flexibility index (Phi) is 5.17. The smallest absolute Gasteiger partial charge is 0.428 e. The Balaban J connectivity index is 3.21. The lowest BCUT2D eigenvalue weighted by molar-refractivity contribution is -0.271. The maximum Gasteiger partial charge on any atom is 0.428 e. The molecule has 0 aliphatic carbocycles. The topological polar surface area (TPSA) is 46.5 Å². The van der Waals surface area contributed by atoms with E-state index in [9.17, 15) is 23.1 Å². The fourth-order valence-electron chi connectivity index (χ4n) is 1.93. The third kappa shape index (κ3) is 3.26. The molecular weight excluding hydrogens is 285 g/mol. The average Bonchev–Trinajstić information content (AvgIpc) is 2.44. The summed E-state index contributed by atoms with van der Waals surface area (Å²) < 4.78 is 44.0. The summed E-state index contributed by atoms with van der Waals surface area (Å²) in [5, 5.41) is 9.99. The van der Waals surface area contributed by atoms with Crippen molar-refractivity contribution >= 4 is 11.5 Å². The Hall–Kier alpha value is -1.82. The number of rotatable bonds is 5. The Labute approximate surface area is 121 Å². The van der Waals surface area contributed by atoms with Crippen LogP contribution in [0.4, 0.5) is 13.2 Å². The first-order valence-corrected chi connectivity index (χ1v) is 6.36. The van der Waals surface area contributed by atoms with Crippen molar-refractivity contribution in [2.75, 3.05) is 6.61 Å². The summed E-state index contributed by atoms with van der Waals surface area (Å²) in [5.41, 5.74) is -3.21. The number of halogens is 3. The van der Waals surface area contributed by atoms with Crippen LogP contribution in [0.1, 0.15) is 19.4 Å². The van der Waals surface area contributed by atoms with Crippen molar-refractivity contribution in [2.45, 2.75) is 25.6 Å². The molecule has 0 aliphatic heterocycles. The van der Waals surface area contributed by atoms with E-state index in [0.717, 1.165) is 6.92 Å². The first-order chi connectivity index (χ1) is 9.66. The van der Waals surface area contributed by atoms with Crippen LogP contribution in [0.2, 0.25) is 0 Å². The molecule has 0 fully saturated rings. The summed E-state index contributed by atoms with van der Waals surface area (Å²) in [7, 11) is 0. The minimum atomic E-state index is -5.17. The predicted octanol–water partition coefficient (Wildman–Crippen LogP) is 3.19. The highest BCUT2D eigenvalue weighted by atomic mass is 19.4. The van der Waals surface area contributed by atoms with Crippen LogP contribution < -0.4 is 0 Å². The number of alkyl halides is 3. The monoisotopic (exact) mass is 302 g/mol. The van der Waals surface area contributed by atoms with E-state index < -0.39 is 23.7 Å². The highest BCUT2D eigenvalue weighted by Gasteiger charge is 2.64. The molecule has 1 rings (SSSR count). The molecule has 0 amide bonds. The molecule has 0 spiro atoms. The molecule has 0 bridgehead atoms. The van der Waals surface area contributed by atoms with Crippen LogP contribution in [0.3, 0.4) is 0 Å². The van der Waals surface area contributed by atoms with Gasteiger partial charge in [0.25, 0.3) is 5.60 Å². The second kappa shape index (κ2) is 6.30. The van der Waals surface area contributed by atoms with Crippen LogP contribution in [0, 0.1) is 5.92 Å². The molecule has 6 heteroatoms. The van der Waals surface area contributed by atoms with Crippen molar-refractivity contribution in [3.8, 4) is 0 Å². The third-order valence-electron chi connectivity index (χ3n) is 3.31. The quantitative estimate of drug-likeness (QED) is 0.850. The Morgan fingerprint density at radius 1 is 1.33 bits per heavy atom. The SMILES string of the molecule is C=C(c1ccccc1)C(C)[C@](O)(C(=O)OCC)C(F)(F)F. The lowest BCUT2D eigenvalue weighted by Gasteiger charge is -2.34. The molecule has 116 valence electrons. The van der Waals surface area contributed by atoms with Crippen LogP contribution in [-0.2, 0) is 9.53 Å². The molecule has 0 saturated carbocycles. The summed E-state index contributed by atoms with van der Waals surface area (Å²) in [4.78, 5) is 11.7. The molecule has 0 radical (unpaired) electrons. The molecule has 1 aromatic carbocycles. The van der Waals surface area contributed by atoms with Crippen molar-refractivity contribution in [2.24, 2.45) is 5.92 Å². The van der Waals surface area contributed by atoms with Gasteiger partial charge in [-0.05, 0) is 18.1 Å². The van der Waals surface area contributed by atoms with Crippen LogP contribution >= 0.6 is 0 Å². The lowest BCUT2D eigenvalue weighted by atomic mass is 9.80. The number of esters is 1. The van der Waals surface area contributed by atoms with Gasteiger partial charge in [-0.3, -0.25) is 0 Å². The van der Waals surface area contributed by atoms with E-state index in [1.54, 1.807) is 30.3 Å². The third-order valence-corrected chi connectivity index (χ3v) is 3.31. The van der Waals surface area contributed by atoms with Gasteiger partial charge in [0.15, 0.2) is 0 Å². The molecule has 1 N–H and O–H groups in total. The number of aliphatic hydroxyl groups is 1. The summed E-state index contributed by atoms with van der Waals surface area (Å²) >= 11 is 0. The molecule has 1 aromatic rings. The number of ether oxygens (including phenoxy) is 1. The number of hydrogen-bond donors (Lipinski definition) is 1. The highest BCUT2D eigenvalue weighted by molar-refractivity contribution is 5.84. The van der Waals surface area contributed by atoms with Crippen molar-refractivity contribution in [3.05, 3.63) is 42.5 Å². The van der Waals surface area contributed by atoms with Gasteiger partial charge in [-0.15, -0.1) is 0 Å². The highest BCUT2D eigenvalue weighted by Crippen LogP contribution is 2.42. The van der Waals surface area contributed by atoms with Gasteiger partial charge in [-0.2, -0.15) is 13.2 Å². The molecule has 1 unspecified atom stereocenters. The molecule has 0 aliphatic rings. The zero-order valence-electron chi connectivity index (χ0n) is 11.8. The summed E-state index contributed by atoms with van der Waals surface area (Å²) in [6.45, 7) is 5.78. The fraction of sp³-hybridized carbons (Fsp3) is 0.400. The lowest BCUT2D eigenvalue weighted by Crippen LogP contribution is -2.57. The Morgan fingerprint density at radius 2 is 1.86 bits per heavy atom. The van der Waals surface area contributed by atoms with Crippen molar-refractivity contribution in [3.63, 3.8) is 0 Å². The van der Waals surface area contributed by atoms with Crippen LogP contribution in [-0.4, -0.2) is 29.5 Å². The maximum absolute atomic E-state index is 13.2. The minimum absolute atomic E-state index is 0.00322. The standard InChI is InChI=1S/C15H17F3O3/c1-4-21-13(19)14(20,15(16,17)18)11(3)10(2)12-8-6-5-7-9-12/h5-9,11,20H,2,4H2,1,3H3/t11?,14-/m0/s1. The number of hydrogen-bond acceptors (Lipinski definition) is 3. The second-order valence-electron chi connectivity index (χ2n) is 4.60. The number of carbonyl (C=O) groups excluding carboxylic acids is 1. The molecule has 2 atom stereocenters. The number of benzene rings is 1. The van der Waals surface area contributed by atoms with Crippen molar-refractivity contribution in [1.29, 1.82) is 0 Å². The van der Waals surface area contributed by atoms with E-state index in [-0.39, 0.29) is 12.2 Å². The van der Waals surface area contributed by atoms with Gasteiger partial charge in [-0.25, -0.2) is 4.79 Å². The van der Waals surface area contributed by atoms with Gasteiger partial charge in [0.1, 0.15) is 0 Å². The predicted molar refractivity (Wildman–Crippen MR) is 72.3 cm³/mol. The van der Waals surface area contributed by atoms with Crippen molar-refractivity contribution in [1.82, 2.24) is 0 Å². The molecule has 3 nitrogen and oxygen atoms in total. The van der Waals surface area contributed by atoms with Crippen molar-refractivity contribution < 1.29 is 27.8 Å². The average molecular weight is 302 g/mol. The van der Waals surface area contributed by atoms with Gasteiger partial charge < -0.3 is 9.84 Å². The zero-order valence-corrected chi connectivity index (χ0v) is 11.8. The van der Waals surface area contributed by atoms with E-state index in [1.165, 1.54) is 6.92 Å². The normalized spacial score (nSPS) is 15.9. The van der Waals surface area contributed by atoms with Gasteiger partial charge >= 0.3 is 12.1 Å². The largest absolute Gasteiger partial charge is 0.464 e. The van der Waals surface area contributed by atoms with Crippen LogP contribution in [0.25, 0.3) is 5.57 Å². The zero-order chi connectivity index (χ0) is 16.3. The fourth-order valence-corrected chi connectivity index (χ4v) is 1.93. The number of carbonyl (C=O) groups is 1. The van der Waals surface area contributed by atoms with Gasteiger partial charge in [0.2, 0.25) is 0 Å².